The number of aliphatic carboxylic acids is 1. The summed E-state index contributed by atoms with van der Waals surface area (Å²) in [7, 11) is 0. The molecule has 0 aliphatic heterocycles. The molecule has 0 saturated heterocycles. The van der Waals surface area contributed by atoms with Gasteiger partial charge in [-0.05, 0) is 24.8 Å². The highest BCUT2D eigenvalue weighted by Crippen LogP contribution is 2.38. The number of hydrogen-bond donors (Lipinski definition) is 1. The van der Waals surface area contributed by atoms with Gasteiger partial charge in [-0.25, -0.2) is 4.39 Å². The van der Waals surface area contributed by atoms with E-state index in [4.69, 9.17) is 0 Å². The molecule has 2 rings (SSSR count). The van der Waals surface area contributed by atoms with Crippen molar-refractivity contribution in [2.45, 2.75) is 31.6 Å². The highest BCUT2D eigenvalue weighted by molar-refractivity contribution is 5.76. The molecule has 2 nitrogen and oxygen atoms in total. The van der Waals surface area contributed by atoms with Crippen molar-refractivity contribution in [1.29, 1.82) is 0 Å². The summed E-state index contributed by atoms with van der Waals surface area (Å²) in [6, 6.07) is 6.21. The molecule has 0 bridgehead atoms. The Balaban J connectivity index is 2.32. The van der Waals surface area contributed by atoms with Crippen molar-refractivity contribution in [3.63, 3.8) is 0 Å². The average molecular weight is 222 g/mol. The van der Waals surface area contributed by atoms with Crippen molar-refractivity contribution in [2.75, 3.05) is 0 Å². The van der Waals surface area contributed by atoms with Crippen LogP contribution in [0.3, 0.4) is 0 Å². The van der Waals surface area contributed by atoms with Crippen LogP contribution in [0.1, 0.15) is 37.2 Å². The van der Waals surface area contributed by atoms with E-state index in [1.807, 2.05) is 0 Å². The molecule has 1 aromatic rings. The van der Waals surface area contributed by atoms with Crippen molar-refractivity contribution in [2.24, 2.45) is 5.92 Å². The van der Waals surface area contributed by atoms with Gasteiger partial charge in [0.2, 0.25) is 0 Å². The van der Waals surface area contributed by atoms with Gasteiger partial charge in [0.25, 0.3) is 0 Å². The van der Waals surface area contributed by atoms with E-state index >= 15 is 0 Å². The molecule has 1 saturated carbocycles. The van der Waals surface area contributed by atoms with Crippen LogP contribution in [0.15, 0.2) is 24.3 Å². The summed E-state index contributed by atoms with van der Waals surface area (Å²) in [5.41, 5.74) is 0.335. The normalized spacial score (nSPS) is 18.6. The molecular weight excluding hydrogens is 207 g/mol. The van der Waals surface area contributed by atoms with E-state index in [9.17, 15) is 14.3 Å². The van der Waals surface area contributed by atoms with Crippen LogP contribution in [-0.4, -0.2) is 11.1 Å². The third-order valence-corrected chi connectivity index (χ3v) is 3.38. The van der Waals surface area contributed by atoms with E-state index in [-0.39, 0.29) is 5.92 Å². The molecular formula is C13H15FO2. The van der Waals surface area contributed by atoms with Crippen LogP contribution in [0.25, 0.3) is 0 Å². The van der Waals surface area contributed by atoms with E-state index in [1.165, 1.54) is 6.07 Å². The largest absolute Gasteiger partial charge is 0.481 e. The van der Waals surface area contributed by atoms with E-state index < -0.39 is 17.7 Å². The Labute approximate surface area is 94.1 Å². The number of carboxylic acid groups (broad SMARTS) is 1. The van der Waals surface area contributed by atoms with Crippen LogP contribution < -0.4 is 0 Å². The number of rotatable bonds is 3. The maximum absolute atomic E-state index is 13.6. The lowest BCUT2D eigenvalue weighted by atomic mass is 9.84. The van der Waals surface area contributed by atoms with Gasteiger partial charge in [0.1, 0.15) is 5.82 Å². The monoisotopic (exact) mass is 222 g/mol. The fraction of sp³-hybridized carbons (Fsp3) is 0.462. The highest BCUT2D eigenvalue weighted by Gasteiger charge is 2.33. The van der Waals surface area contributed by atoms with Crippen molar-refractivity contribution >= 4 is 5.97 Å². The Morgan fingerprint density at radius 3 is 2.50 bits per heavy atom. The molecule has 1 aliphatic rings. The lowest BCUT2D eigenvalue weighted by Gasteiger charge is -2.19. The average Bonchev–Trinajstić information content (AvgIpc) is 2.74. The molecule has 1 atom stereocenters. The maximum atomic E-state index is 13.6. The number of carboxylic acids is 1. The zero-order valence-corrected chi connectivity index (χ0v) is 9.03. The van der Waals surface area contributed by atoms with Crippen LogP contribution in [0.2, 0.25) is 0 Å². The van der Waals surface area contributed by atoms with E-state index in [1.54, 1.807) is 18.2 Å². The zero-order valence-electron chi connectivity index (χ0n) is 9.03. The fourth-order valence-corrected chi connectivity index (χ4v) is 2.61. The van der Waals surface area contributed by atoms with Crippen LogP contribution in [0.4, 0.5) is 4.39 Å². The molecule has 1 N–H and O–H groups in total. The Bertz CT molecular complexity index is 383. The van der Waals surface area contributed by atoms with Crippen LogP contribution in [0, 0.1) is 11.7 Å². The number of halogens is 1. The minimum atomic E-state index is -0.906. The molecule has 0 heterocycles. The third-order valence-electron chi connectivity index (χ3n) is 3.38. The molecule has 0 spiro atoms. The van der Waals surface area contributed by atoms with Gasteiger partial charge in [-0.3, -0.25) is 4.79 Å². The van der Waals surface area contributed by atoms with Gasteiger partial charge in [-0.15, -0.1) is 0 Å². The lowest BCUT2D eigenvalue weighted by Crippen LogP contribution is -2.20. The topological polar surface area (TPSA) is 37.3 Å². The second-order valence-electron chi connectivity index (χ2n) is 4.38. The Morgan fingerprint density at radius 1 is 1.31 bits per heavy atom. The molecule has 1 unspecified atom stereocenters. The molecule has 0 amide bonds. The number of benzene rings is 1. The van der Waals surface area contributed by atoms with Crippen LogP contribution in [0.5, 0.6) is 0 Å². The summed E-state index contributed by atoms with van der Waals surface area (Å²) in [4.78, 5) is 11.3. The first-order chi connectivity index (χ1) is 7.70. The summed E-state index contributed by atoms with van der Waals surface area (Å²) in [5, 5.41) is 9.24. The Kier molecular flexibility index (Phi) is 3.22. The van der Waals surface area contributed by atoms with Gasteiger partial charge in [0.05, 0.1) is 5.92 Å². The summed E-state index contributed by atoms with van der Waals surface area (Å²) >= 11 is 0. The van der Waals surface area contributed by atoms with Crippen molar-refractivity contribution < 1.29 is 14.3 Å². The predicted molar refractivity (Wildman–Crippen MR) is 58.7 cm³/mol. The van der Waals surface area contributed by atoms with Gasteiger partial charge in [0, 0.05) is 5.56 Å². The van der Waals surface area contributed by atoms with Crippen LogP contribution in [-0.2, 0) is 4.79 Å². The summed E-state index contributed by atoms with van der Waals surface area (Å²) in [6.07, 6.45) is 3.91. The fourth-order valence-electron chi connectivity index (χ4n) is 2.61. The summed E-state index contributed by atoms with van der Waals surface area (Å²) in [6.45, 7) is 0. The van der Waals surface area contributed by atoms with Gasteiger partial charge in [-0.2, -0.15) is 0 Å². The number of carbonyl (C=O) groups is 1. The van der Waals surface area contributed by atoms with Gasteiger partial charge in [-0.1, -0.05) is 31.0 Å². The van der Waals surface area contributed by atoms with Gasteiger partial charge in [0.15, 0.2) is 0 Å². The second-order valence-corrected chi connectivity index (χ2v) is 4.38. The minimum Gasteiger partial charge on any atom is -0.481 e. The summed E-state index contributed by atoms with van der Waals surface area (Å²) < 4.78 is 13.6. The first-order valence-corrected chi connectivity index (χ1v) is 5.67. The second kappa shape index (κ2) is 4.64. The third kappa shape index (κ3) is 2.08. The molecule has 1 aliphatic carbocycles. The quantitative estimate of drug-likeness (QED) is 0.852. The van der Waals surface area contributed by atoms with E-state index in [0.717, 1.165) is 25.7 Å². The highest BCUT2D eigenvalue weighted by atomic mass is 19.1. The Hall–Kier alpha value is -1.38. The van der Waals surface area contributed by atoms with Gasteiger partial charge < -0.3 is 5.11 Å². The predicted octanol–water partition coefficient (Wildman–Crippen LogP) is 3.18. The standard InChI is InChI=1S/C13H15FO2/c14-11-8-4-3-7-10(11)12(13(15)16)9-5-1-2-6-9/h3-4,7-9,12H,1-2,5-6H2,(H,15,16). The SMILES string of the molecule is O=C(O)C(c1ccccc1F)C1CCCC1. The first kappa shape index (κ1) is 11.1. The van der Waals surface area contributed by atoms with Gasteiger partial charge >= 0.3 is 5.97 Å². The van der Waals surface area contributed by atoms with Crippen molar-refractivity contribution in [1.82, 2.24) is 0 Å². The van der Waals surface area contributed by atoms with Crippen LogP contribution >= 0.6 is 0 Å². The molecule has 16 heavy (non-hydrogen) atoms. The maximum Gasteiger partial charge on any atom is 0.311 e. The number of hydrogen-bond acceptors (Lipinski definition) is 1. The molecule has 1 aromatic carbocycles. The molecule has 3 heteroatoms. The zero-order chi connectivity index (χ0) is 11.5. The minimum absolute atomic E-state index is 0.0920. The van der Waals surface area contributed by atoms with E-state index in [0.29, 0.717) is 5.56 Å². The van der Waals surface area contributed by atoms with Crippen molar-refractivity contribution in [3.05, 3.63) is 35.6 Å². The summed E-state index contributed by atoms with van der Waals surface area (Å²) in [5.74, 6) is -1.89. The first-order valence-electron chi connectivity index (χ1n) is 5.67. The smallest absolute Gasteiger partial charge is 0.311 e. The molecule has 86 valence electrons. The molecule has 0 aromatic heterocycles. The lowest BCUT2D eigenvalue weighted by molar-refractivity contribution is -0.140. The molecule has 0 radical (unpaired) electrons. The molecule has 1 fully saturated rings. The van der Waals surface area contributed by atoms with E-state index in [2.05, 4.69) is 0 Å². The van der Waals surface area contributed by atoms with Crippen molar-refractivity contribution in [3.8, 4) is 0 Å². The Morgan fingerprint density at radius 2 is 1.94 bits per heavy atom.